The highest BCUT2D eigenvalue weighted by molar-refractivity contribution is 5.97. The third kappa shape index (κ3) is 5.06. The second-order valence-electron chi connectivity index (χ2n) is 8.34. The molecule has 0 aliphatic carbocycles. The Kier molecular flexibility index (Phi) is 8.35. The largest absolute Gasteiger partial charge is 0.298 e. The third-order valence-electron chi connectivity index (χ3n) is 6.02. The van der Waals surface area contributed by atoms with Gasteiger partial charge in [0.25, 0.3) is 0 Å². The normalized spacial score (nSPS) is 15.6. The number of hydrogen-bond acceptors (Lipinski definition) is 3. The highest BCUT2D eigenvalue weighted by Crippen LogP contribution is 2.40. The van der Waals surface area contributed by atoms with E-state index in [1.807, 2.05) is 36.4 Å². The number of unbranched alkanes of at least 4 members (excludes halogenated alkanes) is 4. The van der Waals surface area contributed by atoms with Crippen LogP contribution in [0.25, 0.3) is 0 Å². The Morgan fingerprint density at radius 3 is 1.50 bits per heavy atom. The monoisotopic (exact) mass is 380 g/mol. The number of carbonyl (C=O) groups is 1. The number of ketones is 1. The zero-order chi connectivity index (χ0) is 20.5. The Morgan fingerprint density at radius 2 is 1.18 bits per heavy atom. The van der Waals surface area contributed by atoms with E-state index in [2.05, 4.69) is 37.7 Å². The number of Topliss-reactive ketones (excluding diaryl/α,β-unsaturated/α-hetero) is 1. The minimum absolute atomic E-state index is 0.254. The van der Waals surface area contributed by atoms with Gasteiger partial charge in [-0.05, 0) is 51.0 Å². The lowest BCUT2D eigenvalue weighted by molar-refractivity contribution is -0.130. The minimum atomic E-state index is -0.602. The Morgan fingerprint density at radius 1 is 0.750 bits per heavy atom. The summed E-state index contributed by atoms with van der Waals surface area (Å²) in [7, 11) is 0. The quantitative estimate of drug-likeness (QED) is 0.399. The van der Waals surface area contributed by atoms with Crippen LogP contribution in [-0.2, 0) is 15.6 Å². The van der Waals surface area contributed by atoms with Crippen LogP contribution in [0.3, 0.4) is 0 Å². The van der Waals surface area contributed by atoms with Crippen molar-refractivity contribution >= 4 is 5.78 Å². The van der Waals surface area contributed by atoms with Crippen LogP contribution in [0.5, 0.6) is 0 Å². The molecule has 0 saturated carbocycles. The first kappa shape index (κ1) is 22.3. The maximum absolute atomic E-state index is 14.2. The highest BCUT2D eigenvalue weighted by Gasteiger charge is 2.47. The fourth-order valence-corrected chi connectivity index (χ4v) is 4.16. The van der Waals surface area contributed by atoms with E-state index in [9.17, 15) is 4.79 Å². The Labute approximate surface area is 171 Å². The van der Waals surface area contributed by atoms with Gasteiger partial charge < -0.3 is 0 Å². The lowest BCUT2D eigenvalue weighted by atomic mass is 9.64. The van der Waals surface area contributed by atoms with Gasteiger partial charge in [0, 0.05) is 12.4 Å². The molecule has 0 spiro atoms. The van der Waals surface area contributed by atoms with Crippen molar-refractivity contribution in [3.63, 3.8) is 0 Å². The molecule has 2 aromatic rings. The van der Waals surface area contributed by atoms with E-state index in [0.717, 1.165) is 62.8 Å². The summed E-state index contributed by atoms with van der Waals surface area (Å²) in [6.45, 7) is 8.58. The van der Waals surface area contributed by atoms with Gasteiger partial charge in [-0.1, -0.05) is 64.5 Å². The molecule has 0 N–H and O–H groups in total. The Bertz CT molecular complexity index is 654. The minimum Gasteiger partial charge on any atom is -0.298 e. The predicted octanol–water partition coefficient (Wildman–Crippen LogP) is 6.42. The molecule has 2 atom stereocenters. The fraction of sp³-hybridized carbons (Fsp3) is 0.560. The molecule has 0 fully saturated rings. The van der Waals surface area contributed by atoms with Crippen molar-refractivity contribution in [3.8, 4) is 0 Å². The smallest absolute Gasteiger partial charge is 0.156 e. The van der Waals surface area contributed by atoms with Crippen LogP contribution in [0.4, 0.5) is 0 Å². The van der Waals surface area contributed by atoms with E-state index in [4.69, 9.17) is 0 Å². The van der Waals surface area contributed by atoms with Crippen LogP contribution in [0.1, 0.15) is 90.4 Å². The second-order valence-corrected chi connectivity index (χ2v) is 8.34. The average Bonchev–Trinajstić information content (AvgIpc) is 2.74. The summed E-state index contributed by atoms with van der Waals surface area (Å²) in [4.78, 5) is 23.4. The molecule has 0 saturated heterocycles. The summed E-state index contributed by atoms with van der Waals surface area (Å²) in [6, 6.07) is 11.8. The molecule has 0 amide bonds. The van der Waals surface area contributed by atoms with Crippen LogP contribution in [-0.4, -0.2) is 15.8 Å². The van der Waals surface area contributed by atoms with Gasteiger partial charge in [0.15, 0.2) is 5.78 Å². The summed E-state index contributed by atoms with van der Waals surface area (Å²) in [5.41, 5.74) is 0.562. The summed E-state index contributed by atoms with van der Waals surface area (Å²) in [5.74, 6) is 0.254. The van der Waals surface area contributed by atoms with Gasteiger partial charge in [0.1, 0.15) is 0 Å². The second kappa shape index (κ2) is 10.5. The van der Waals surface area contributed by atoms with Gasteiger partial charge in [-0.3, -0.25) is 14.8 Å². The van der Waals surface area contributed by atoms with Crippen molar-refractivity contribution in [3.05, 3.63) is 60.2 Å². The molecule has 3 heteroatoms. The molecule has 28 heavy (non-hydrogen) atoms. The van der Waals surface area contributed by atoms with Gasteiger partial charge in [-0.2, -0.15) is 0 Å². The molecule has 0 bridgehead atoms. The molecule has 2 heterocycles. The van der Waals surface area contributed by atoms with E-state index in [-0.39, 0.29) is 5.78 Å². The van der Waals surface area contributed by atoms with E-state index >= 15 is 0 Å². The van der Waals surface area contributed by atoms with Gasteiger partial charge in [0.2, 0.25) is 0 Å². The number of pyridine rings is 2. The number of carbonyl (C=O) groups excluding carboxylic acids is 1. The van der Waals surface area contributed by atoms with Crippen molar-refractivity contribution in [2.45, 2.75) is 89.9 Å². The topological polar surface area (TPSA) is 42.9 Å². The van der Waals surface area contributed by atoms with E-state index in [1.165, 1.54) is 0 Å². The third-order valence-corrected chi connectivity index (χ3v) is 6.02. The molecule has 0 aromatic carbocycles. The van der Waals surface area contributed by atoms with Crippen molar-refractivity contribution in [2.75, 3.05) is 0 Å². The summed E-state index contributed by atoms with van der Waals surface area (Å²) >= 11 is 0. The van der Waals surface area contributed by atoms with Crippen molar-refractivity contribution < 1.29 is 4.79 Å². The molecule has 2 unspecified atom stereocenters. The number of hydrogen-bond donors (Lipinski definition) is 0. The van der Waals surface area contributed by atoms with Gasteiger partial charge >= 0.3 is 0 Å². The summed E-state index contributed by atoms with van der Waals surface area (Å²) in [6.07, 6.45) is 11.9. The van der Waals surface area contributed by atoms with Gasteiger partial charge in [-0.15, -0.1) is 0 Å². The zero-order valence-electron chi connectivity index (χ0n) is 18.1. The first-order valence-corrected chi connectivity index (χ1v) is 10.9. The first-order chi connectivity index (χ1) is 13.5. The maximum atomic E-state index is 14.2. The highest BCUT2D eigenvalue weighted by atomic mass is 16.1. The fourth-order valence-electron chi connectivity index (χ4n) is 4.16. The molecule has 3 nitrogen and oxygen atoms in total. The van der Waals surface area contributed by atoms with Crippen LogP contribution < -0.4 is 0 Å². The van der Waals surface area contributed by atoms with Gasteiger partial charge in [0.05, 0.1) is 22.2 Å². The summed E-state index contributed by atoms with van der Waals surface area (Å²) < 4.78 is 0. The number of nitrogens with zero attached hydrogens (tertiary/aromatic N) is 2. The standard InChI is InChI=1S/C25H36N2O/c1-5-7-11-17-24(3,21-15-9-13-19-26-21)23(28)25(4,18-12-8-6-2)22-16-10-14-20-27-22/h9-10,13-16,19-20H,5-8,11-12,17-18H2,1-4H3. The number of rotatable bonds is 12. The van der Waals surface area contributed by atoms with Crippen LogP contribution in [0, 0.1) is 0 Å². The molecule has 2 rings (SSSR count). The van der Waals surface area contributed by atoms with Crippen molar-refractivity contribution in [2.24, 2.45) is 0 Å². The first-order valence-electron chi connectivity index (χ1n) is 10.9. The van der Waals surface area contributed by atoms with Gasteiger partial charge in [-0.25, -0.2) is 0 Å². The van der Waals surface area contributed by atoms with Crippen molar-refractivity contribution in [1.29, 1.82) is 0 Å². The van der Waals surface area contributed by atoms with Crippen LogP contribution >= 0.6 is 0 Å². The molecule has 0 aliphatic heterocycles. The zero-order valence-corrected chi connectivity index (χ0v) is 18.1. The molecule has 152 valence electrons. The molecular formula is C25H36N2O. The molecule has 0 radical (unpaired) electrons. The maximum Gasteiger partial charge on any atom is 0.156 e. The molecule has 0 aliphatic rings. The van der Waals surface area contributed by atoms with E-state index in [0.29, 0.717) is 0 Å². The summed E-state index contributed by atoms with van der Waals surface area (Å²) in [5, 5.41) is 0. The Hall–Kier alpha value is -2.03. The lowest BCUT2D eigenvalue weighted by Gasteiger charge is -2.38. The molecular weight excluding hydrogens is 344 g/mol. The predicted molar refractivity (Wildman–Crippen MR) is 116 cm³/mol. The van der Waals surface area contributed by atoms with E-state index in [1.54, 1.807) is 12.4 Å². The lowest BCUT2D eigenvalue weighted by Crippen LogP contribution is -2.47. The number of aromatic nitrogens is 2. The Balaban J connectivity index is 2.46. The molecule has 2 aromatic heterocycles. The van der Waals surface area contributed by atoms with Crippen molar-refractivity contribution in [1.82, 2.24) is 9.97 Å². The van der Waals surface area contributed by atoms with Crippen LogP contribution in [0.2, 0.25) is 0 Å². The average molecular weight is 381 g/mol. The van der Waals surface area contributed by atoms with E-state index < -0.39 is 10.8 Å². The SMILES string of the molecule is CCCCCC(C)(C(=O)C(C)(CCCCC)c1ccccn1)c1ccccn1. The van der Waals surface area contributed by atoms with Crippen LogP contribution in [0.15, 0.2) is 48.8 Å².